The first-order chi connectivity index (χ1) is 9.33. The highest BCUT2D eigenvalue weighted by molar-refractivity contribution is 5.90. The first kappa shape index (κ1) is 16.1. The molecule has 116 valence electrons. The highest BCUT2D eigenvalue weighted by Gasteiger charge is 2.31. The number of benzene rings is 1. The highest BCUT2D eigenvalue weighted by atomic mass is 16.3. The van der Waals surface area contributed by atoms with Gasteiger partial charge in [0.15, 0.2) is 0 Å². The van der Waals surface area contributed by atoms with Crippen LogP contribution in [0.5, 0.6) is 0 Å². The van der Waals surface area contributed by atoms with E-state index >= 15 is 0 Å². The third kappa shape index (κ3) is 2.88. The van der Waals surface area contributed by atoms with Crippen LogP contribution in [0.1, 0.15) is 79.0 Å². The van der Waals surface area contributed by atoms with E-state index in [9.17, 15) is 0 Å². The van der Waals surface area contributed by atoms with Crippen LogP contribution in [-0.2, 0) is 16.2 Å². The minimum absolute atomic E-state index is 0.0984. The van der Waals surface area contributed by atoms with Crippen LogP contribution in [0.15, 0.2) is 23.0 Å². The van der Waals surface area contributed by atoms with Crippen molar-refractivity contribution in [1.29, 1.82) is 0 Å². The zero-order valence-electron chi connectivity index (χ0n) is 15.1. The summed E-state index contributed by atoms with van der Waals surface area (Å²) in [5, 5.41) is 2.54. The summed E-state index contributed by atoms with van der Waals surface area (Å²) >= 11 is 0. The Kier molecular flexibility index (Phi) is 3.56. The number of furan rings is 1. The van der Waals surface area contributed by atoms with E-state index in [0.717, 1.165) is 0 Å². The van der Waals surface area contributed by atoms with Gasteiger partial charge in [-0.15, -0.1) is 0 Å². The van der Waals surface area contributed by atoms with Crippen molar-refractivity contribution in [3.63, 3.8) is 0 Å². The van der Waals surface area contributed by atoms with E-state index in [1.165, 1.54) is 27.5 Å². The molecule has 1 aromatic carbocycles. The van der Waals surface area contributed by atoms with Crippen LogP contribution in [0.25, 0.3) is 10.8 Å². The molecule has 0 unspecified atom stereocenters. The van der Waals surface area contributed by atoms with Gasteiger partial charge in [-0.2, -0.15) is 0 Å². The maximum atomic E-state index is 5.60. The summed E-state index contributed by atoms with van der Waals surface area (Å²) in [6.45, 7) is 20.6. The number of hydrogen-bond donors (Lipinski definition) is 0. The Balaban J connectivity index is 2.99. The van der Waals surface area contributed by atoms with E-state index in [0.29, 0.717) is 0 Å². The maximum absolute atomic E-state index is 5.60. The van der Waals surface area contributed by atoms with E-state index in [-0.39, 0.29) is 16.2 Å². The third-order valence-electron chi connectivity index (χ3n) is 4.15. The van der Waals surface area contributed by atoms with Crippen molar-refractivity contribution < 1.29 is 4.42 Å². The molecule has 1 nitrogen and oxygen atoms in total. The molecule has 0 saturated heterocycles. The minimum atomic E-state index is 0.0984. The van der Waals surface area contributed by atoms with Crippen LogP contribution in [0.4, 0.5) is 0 Å². The molecule has 0 aliphatic heterocycles. The van der Waals surface area contributed by atoms with Crippen molar-refractivity contribution in [3.8, 4) is 0 Å². The van der Waals surface area contributed by atoms with Crippen LogP contribution in [0.2, 0.25) is 0 Å². The van der Waals surface area contributed by atoms with Crippen molar-refractivity contribution >= 4 is 10.8 Å². The average Bonchev–Trinajstić information content (AvgIpc) is 2.70. The largest absolute Gasteiger partial charge is 0.471 e. The van der Waals surface area contributed by atoms with Crippen LogP contribution in [-0.4, -0.2) is 0 Å². The Morgan fingerprint density at radius 2 is 1.10 bits per heavy atom. The van der Waals surface area contributed by atoms with Crippen LogP contribution in [0, 0.1) is 0 Å². The van der Waals surface area contributed by atoms with Gasteiger partial charge in [0.1, 0.15) is 0 Å². The molecule has 2 rings (SSSR count). The van der Waals surface area contributed by atoms with E-state index in [1.807, 2.05) is 12.5 Å². The molecule has 21 heavy (non-hydrogen) atoms. The van der Waals surface area contributed by atoms with E-state index < -0.39 is 0 Å². The summed E-state index contributed by atoms with van der Waals surface area (Å²) < 4.78 is 5.60. The lowest BCUT2D eigenvalue weighted by Crippen LogP contribution is -2.24. The molecule has 1 heterocycles. The molecule has 0 atom stereocenters. The molecule has 1 aromatic heterocycles. The molecule has 0 aliphatic rings. The van der Waals surface area contributed by atoms with Gasteiger partial charge >= 0.3 is 0 Å². The fourth-order valence-electron chi connectivity index (χ4n) is 3.16. The summed E-state index contributed by atoms with van der Waals surface area (Å²) in [5.74, 6) is 0. The van der Waals surface area contributed by atoms with Crippen LogP contribution >= 0.6 is 0 Å². The van der Waals surface area contributed by atoms with Gasteiger partial charge in [0.05, 0.1) is 12.5 Å². The predicted molar refractivity (Wildman–Crippen MR) is 92.3 cm³/mol. The molecule has 0 bridgehead atoms. The van der Waals surface area contributed by atoms with Gasteiger partial charge in [-0.1, -0.05) is 68.4 Å². The molecule has 0 radical (unpaired) electrons. The van der Waals surface area contributed by atoms with Gasteiger partial charge in [0.2, 0.25) is 0 Å². The zero-order valence-corrected chi connectivity index (χ0v) is 15.1. The fraction of sp³-hybridized carbons (Fsp3) is 0.600. The summed E-state index contributed by atoms with van der Waals surface area (Å²) in [5.41, 5.74) is 4.57. The zero-order chi connectivity index (χ0) is 16.2. The second-order valence-corrected chi connectivity index (χ2v) is 9.30. The van der Waals surface area contributed by atoms with Crippen LogP contribution < -0.4 is 0 Å². The molecule has 0 saturated carbocycles. The van der Waals surface area contributed by atoms with Crippen molar-refractivity contribution in [3.05, 3.63) is 35.3 Å². The SMILES string of the molecule is CC(C)(C)c1cc(C(C)(C)C)c2cocc2c1C(C)(C)C. The van der Waals surface area contributed by atoms with Crippen molar-refractivity contribution in [2.45, 2.75) is 78.6 Å². The molecular weight excluding hydrogens is 256 g/mol. The first-order valence-electron chi connectivity index (χ1n) is 7.88. The van der Waals surface area contributed by atoms with Crippen molar-refractivity contribution in [2.24, 2.45) is 0 Å². The molecule has 0 fully saturated rings. The summed E-state index contributed by atoms with van der Waals surface area (Å²) in [4.78, 5) is 0. The molecule has 2 aromatic rings. The van der Waals surface area contributed by atoms with E-state index in [1.54, 1.807) is 0 Å². The van der Waals surface area contributed by atoms with Crippen molar-refractivity contribution in [1.82, 2.24) is 0 Å². The van der Waals surface area contributed by atoms with Crippen molar-refractivity contribution in [2.75, 3.05) is 0 Å². The Bertz CT molecular complexity index is 652. The van der Waals surface area contributed by atoms with Gasteiger partial charge < -0.3 is 4.42 Å². The first-order valence-corrected chi connectivity index (χ1v) is 7.88. The molecule has 0 spiro atoms. The summed E-state index contributed by atoms with van der Waals surface area (Å²) in [6.07, 6.45) is 3.85. The maximum Gasteiger partial charge on any atom is 0.0984 e. The topological polar surface area (TPSA) is 13.1 Å². The Labute approximate surface area is 129 Å². The Morgan fingerprint density at radius 1 is 0.619 bits per heavy atom. The third-order valence-corrected chi connectivity index (χ3v) is 4.15. The molecule has 0 N–H and O–H groups in total. The highest BCUT2D eigenvalue weighted by Crippen LogP contribution is 2.43. The molecular formula is C20H30O. The van der Waals surface area contributed by atoms with Gasteiger partial charge in [0.25, 0.3) is 0 Å². The second-order valence-electron chi connectivity index (χ2n) is 9.30. The van der Waals surface area contributed by atoms with Gasteiger partial charge in [-0.3, -0.25) is 0 Å². The van der Waals surface area contributed by atoms with Gasteiger partial charge in [-0.25, -0.2) is 0 Å². The summed E-state index contributed by atoms with van der Waals surface area (Å²) in [7, 11) is 0. The second kappa shape index (κ2) is 4.63. The van der Waals surface area contributed by atoms with E-state index in [4.69, 9.17) is 4.42 Å². The van der Waals surface area contributed by atoms with Gasteiger partial charge in [0, 0.05) is 10.8 Å². The minimum Gasteiger partial charge on any atom is -0.471 e. The van der Waals surface area contributed by atoms with Crippen LogP contribution in [0.3, 0.4) is 0 Å². The quantitative estimate of drug-likeness (QED) is 0.552. The number of fused-ring (bicyclic) bond motifs is 1. The number of rotatable bonds is 0. The van der Waals surface area contributed by atoms with E-state index in [2.05, 4.69) is 68.4 Å². The lowest BCUT2D eigenvalue weighted by molar-refractivity contribution is 0.528. The normalized spacial score (nSPS) is 14.0. The monoisotopic (exact) mass is 286 g/mol. The molecule has 0 amide bonds. The predicted octanol–water partition coefficient (Wildman–Crippen LogP) is 6.33. The lowest BCUT2D eigenvalue weighted by atomic mass is 9.70. The summed E-state index contributed by atoms with van der Waals surface area (Å²) in [6, 6.07) is 2.42. The standard InChI is InChI=1S/C20H30O/c1-18(2,3)15-10-16(19(4,5)6)17(20(7,8)9)14-12-21-11-13(14)15/h10-12H,1-9H3. The Hall–Kier alpha value is -1.24. The smallest absolute Gasteiger partial charge is 0.0984 e. The lowest BCUT2D eigenvalue weighted by Gasteiger charge is -2.33. The molecule has 0 aliphatic carbocycles. The fourth-order valence-corrected chi connectivity index (χ4v) is 3.16. The average molecular weight is 286 g/mol. The molecule has 1 heteroatoms. The van der Waals surface area contributed by atoms with Gasteiger partial charge in [-0.05, 0) is 32.9 Å². The number of hydrogen-bond acceptors (Lipinski definition) is 1. The Morgan fingerprint density at radius 3 is 1.52 bits per heavy atom.